The molecule has 0 aliphatic rings. The van der Waals surface area contributed by atoms with Gasteiger partial charge in [-0.2, -0.15) is 0 Å². The predicted molar refractivity (Wildman–Crippen MR) is 41.5 cm³/mol. The third kappa shape index (κ3) is 3.02. The number of rotatable bonds is 3. The van der Waals surface area contributed by atoms with Gasteiger partial charge in [0.2, 0.25) is 0 Å². The summed E-state index contributed by atoms with van der Waals surface area (Å²) in [6.45, 7) is 6.66. The van der Waals surface area contributed by atoms with E-state index >= 15 is 0 Å². The molecule has 47 valence electrons. The van der Waals surface area contributed by atoms with Gasteiger partial charge in [-0.3, -0.25) is 0 Å². The third-order valence-electron chi connectivity index (χ3n) is 1.31. The Morgan fingerprint density at radius 1 is 1.25 bits per heavy atom. The van der Waals surface area contributed by atoms with Crippen molar-refractivity contribution >= 4 is 8.80 Å². The van der Waals surface area contributed by atoms with Gasteiger partial charge >= 0.3 is 0 Å². The zero-order valence-corrected chi connectivity index (χ0v) is 7.07. The second-order valence-corrected chi connectivity index (χ2v) is 4.93. The Morgan fingerprint density at radius 2 is 1.75 bits per heavy atom. The summed E-state index contributed by atoms with van der Waals surface area (Å²) in [5.74, 6) is 0. The quantitative estimate of drug-likeness (QED) is 0.511. The molecule has 0 aliphatic heterocycles. The fourth-order valence-electron chi connectivity index (χ4n) is 0.721. The van der Waals surface area contributed by atoms with Crippen LogP contribution < -0.4 is 0 Å². The van der Waals surface area contributed by atoms with Crippen LogP contribution in [0, 0.1) is 0 Å². The van der Waals surface area contributed by atoms with Gasteiger partial charge in [-0.15, -0.1) is 5.70 Å². The van der Waals surface area contributed by atoms with E-state index in [-0.39, 0.29) is 8.80 Å². The minimum atomic E-state index is -0.0548. The molecular formula is C7H15Si. The van der Waals surface area contributed by atoms with Crippen LogP contribution in [0.3, 0.4) is 0 Å². The van der Waals surface area contributed by atoms with Crippen LogP contribution in [0.2, 0.25) is 12.1 Å². The number of allylic oxidation sites excluding steroid dienone is 1. The van der Waals surface area contributed by atoms with Gasteiger partial charge in [0, 0.05) is 0 Å². The molecule has 0 N–H and O–H groups in total. The maximum absolute atomic E-state index is 2.38. The minimum Gasteiger partial charge on any atom is -0.100 e. The lowest BCUT2D eigenvalue weighted by Gasteiger charge is -1.99. The molecule has 0 amide bonds. The molecule has 0 aromatic rings. The normalized spacial score (nSPS) is 11.5. The molecule has 0 aromatic carbocycles. The Hall–Kier alpha value is -0.0431. The topological polar surface area (TPSA) is 0 Å². The van der Waals surface area contributed by atoms with Crippen LogP contribution in [0.5, 0.6) is 0 Å². The van der Waals surface area contributed by atoms with Crippen molar-refractivity contribution in [3.63, 3.8) is 0 Å². The van der Waals surface area contributed by atoms with Crippen molar-refractivity contribution in [1.82, 2.24) is 0 Å². The summed E-state index contributed by atoms with van der Waals surface area (Å²) in [5.41, 5.74) is 2.38. The molecule has 0 fully saturated rings. The van der Waals surface area contributed by atoms with Crippen molar-refractivity contribution in [3.8, 4) is 0 Å². The monoisotopic (exact) mass is 127 g/mol. The van der Waals surface area contributed by atoms with Gasteiger partial charge in [0.15, 0.2) is 0 Å². The smallest absolute Gasteiger partial charge is 0.0747 e. The van der Waals surface area contributed by atoms with E-state index in [1.165, 1.54) is 12.1 Å². The van der Waals surface area contributed by atoms with Crippen molar-refractivity contribution in [1.29, 1.82) is 0 Å². The first-order valence-corrected chi connectivity index (χ1v) is 5.31. The molecule has 0 heterocycles. The largest absolute Gasteiger partial charge is 0.100 e. The van der Waals surface area contributed by atoms with Crippen LogP contribution in [-0.2, 0) is 0 Å². The third-order valence-corrected chi connectivity index (χ3v) is 3.93. The molecule has 0 saturated heterocycles. The first-order chi connectivity index (χ1) is 3.85. The molecule has 0 aliphatic carbocycles. The summed E-state index contributed by atoms with van der Waals surface area (Å²) in [5, 5.41) is 0. The zero-order chi connectivity index (χ0) is 6.41. The molecule has 1 heteroatoms. The van der Waals surface area contributed by atoms with Crippen LogP contribution in [0.4, 0.5) is 0 Å². The SMILES string of the molecule is CC=C[Si](CC)CC. The van der Waals surface area contributed by atoms with Crippen molar-refractivity contribution in [2.45, 2.75) is 32.9 Å². The van der Waals surface area contributed by atoms with Crippen LogP contribution in [0.1, 0.15) is 20.8 Å². The Morgan fingerprint density at radius 3 is 1.88 bits per heavy atom. The summed E-state index contributed by atoms with van der Waals surface area (Å²) < 4.78 is 0. The van der Waals surface area contributed by atoms with Crippen molar-refractivity contribution in [2.75, 3.05) is 0 Å². The van der Waals surface area contributed by atoms with Crippen molar-refractivity contribution in [2.24, 2.45) is 0 Å². The minimum absolute atomic E-state index is 0.0548. The van der Waals surface area contributed by atoms with Gasteiger partial charge in [0.1, 0.15) is 0 Å². The highest BCUT2D eigenvalue weighted by molar-refractivity contribution is 6.64. The van der Waals surface area contributed by atoms with E-state index in [0.29, 0.717) is 0 Å². The van der Waals surface area contributed by atoms with Gasteiger partial charge in [0.05, 0.1) is 8.80 Å². The molecule has 0 bridgehead atoms. The van der Waals surface area contributed by atoms with E-state index < -0.39 is 0 Å². The summed E-state index contributed by atoms with van der Waals surface area (Å²) >= 11 is 0. The van der Waals surface area contributed by atoms with Gasteiger partial charge in [-0.25, -0.2) is 0 Å². The Kier molecular flexibility index (Phi) is 5.07. The maximum atomic E-state index is 2.38. The van der Waals surface area contributed by atoms with Crippen LogP contribution in [-0.4, -0.2) is 8.80 Å². The molecular weight excluding hydrogens is 112 g/mol. The average Bonchev–Trinajstić information content (AvgIpc) is 1.83. The van der Waals surface area contributed by atoms with Crippen molar-refractivity contribution in [3.05, 3.63) is 11.8 Å². The lowest BCUT2D eigenvalue weighted by Crippen LogP contribution is -2.03. The van der Waals surface area contributed by atoms with Gasteiger partial charge in [-0.1, -0.05) is 32.0 Å². The van der Waals surface area contributed by atoms with Crippen LogP contribution in [0.25, 0.3) is 0 Å². The molecule has 0 aromatic heterocycles. The molecule has 0 unspecified atom stereocenters. The van der Waals surface area contributed by atoms with Gasteiger partial charge in [-0.05, 0) is 6.92 Å². The Balaban J connectivity index is 3.36. The molecule has 0 nitrogen and oxygen atoms in total. The second kappa shape index (κ2) is 5.10. The van der Waals surface area contributed by atoms with Gasteiger partial charge in [0.25, 0.3) is 0 Å². The van der Waals surface area contributed by atoms with E-state index in [2.05, 4.69) is 32.5 Å². The molecule has 0 atom stereocenters. The van der Waals surface area contributed by atoms with E-state index in [9.17, 15) is 0 Å². The molecule has 0 rings (SSSR count). The first kappa shape index (κ1) is 7.96. The lowest BCUT2D eigenvalue weighted by atomic mass is 10.8. The molecule has 8 heavy (non-hydrogen) atoms. The molecule has 0 saturated carbocycles. The predicted octanol–water partition coefficient (Wildman–Crippen LogP) is 2.64. The fraction of sp³-hybridized carbons (Fsp3) is 0.714. The highest BCUT2D eigenvalue weighted by Crippen LogP contribution is 1.98. The van der Waals surface area contributed by atoms with E-state index in [1.54, 1.807) is 0 Å². The highest BCUT2D eigenvalue weighted by atomic mass is 28.3. The second-order valence-electron chi connectivity index (χ2n) is 1.87. The molecule has 0 spiro atoms. The lowest BCUT2D eigenvalue weighted by molar-refractivity contribution is 1.33. The first-order valence-electron chi connectivity index (χ1n) is 3.32. The van der Waals surface area contributed by atoms with E-state index in [4.69, 9.17) is 0 Å². The van der Waals surface area contributed by atoms with Gasteiger partial charge < -0.3 is 0 Å². The van der Waals surface area contributed by atoms with Crippen LogP contribution in [0.15, 0.2) is 11.8 Å². The summed E-state index contributed by atoms with van der Waals surface area (Å²) in [6, 6.07) is 2.76. The number of hydrogen-bond donors (Lipinski definition) is 0. The fourth-order valence-corrected chi connectivity index (χ4v) is 2.16. The van der Waals surface area contributed by atoms with E-state index in [1.807, 2.05) is 0 Å². The average molecular weight is 127 g/mol. The summed E-state index contributed by atoms with van der Waals surface area (Å²) in [7, 11) is -0.0548. The standard InChI is InChI=1S/C7H15Si/c1-4-7-8(5-2)6-3/h4,7H,5-6H2,1-3H3. The number of hydrogen-bond acceptors (Lipinski definition) is 0. The zero-order valence-electron chi connectivity index (χ0n) is 6.07. The van der Waals surface area contributed by atoms with E-state index in [0.717, 1.165) is 0 Å². The Labute approximate surface area is 54.2 Å². The molecule has 1 radical (unpaired) electrons. The summed E-state index contributed by atoms with van der Waals surface area (Å²) in [4.78, 5) is 0. The van der Waals surface area contributed by atoms with Crippen LogP contribution >= 0.6 is 0 Å². The van der Waals surface area contributed by atoms with Crippen molar-refractivity contribution < 1.29 is 0 Å². The highest BCUT2D eigenvalue weighted by Gasteiger charge is 1.96. The maximum Gasteiger partial charge on any atom is 0.0747 e. The Bertz CT molecular complexity index is 62.8. The summed E-state index contributed by atoms with van der Waals surface area (Å²) in [6.07, 6.45) is 2.18.